The van der Waals surface area contributed by atoms with Crippen LogP contribution in [0.3, 0.4) is 0 Å². The van der Waals surface area contributed by atoms with Crippen molar-refractivity contribution in [2.24, 2.45) is 5.14 Å². The quantitative estimate of drug-likeness (QED) is 0.844. The summed E-state index contributed by atoms with van der Waals surface area (Å²) in [5, 5.41) is 8.25. The number of hydrogen-bond acceptors (Lipinski definition) is 3. The summed E-state index contributed by atoms with van der Waals surface area (Å²) >= 11 is 0. The standard InChI is InChI=1S/C21H26N2O3S/c1-14(15-7-6-8-16(13-15)27(22,25)26)23-20(24)18-11-12-21(2,3)19-10-5-4-9-17(18)19/h4-10,13-14,18H,11-12H2,1-3H3,(H,23,24)(H2,22,25,26)/t14-,18+/m1/s1. The van der Waals surface area contributed by atoms with E-state index < -0.39 is 10.0 Å². The Morgan fingerprint density at radius 2 is 1.89 bits per heavy atom. The first-order valence-corrected chi connectivity index (χ1v) is 10.7. The monoisotopic (exact) mass is 386 g/mol. The van der Waals surface area contributed by atoms with Crippen molar-refractivity contribution in [1.29, 1.82) is 0 Å². The summed E-state index contributed by atoms with van der Waals surface area (Å²) in [5.41, 5.74) is 3.07. The molecule has 3 N–H and O–H groups in total. The number of amides is 1. The first-order chi connectivity index (χ1) is 12.6. The number of nitrogens with one attached hydrogen (secondary N) is 1. The summed E-state index contributed by atoms with van der Waals surface area (Å²) in [6.45, 7) is 6.27. The van der Waals surface area contributed by atoms with Crippen molar-refractivity contribution in [3.63, 3.8) is 0 Å². The van der Waals surface area contributed by atoms with Crippen LogP contribution in [0.4, 0.5) is 0 Å². The molecule has 2 aromatic carbocycles. The minimum Gasteiger partial charge on any atom is -0.349 e. The second-order valence-electron chi connectivity index (χ2n) is 7.91. The van der Waals surface area contributed by atoms with Gasteiger partial charge < -0.3 is 5.32 Å². The van der Waals surface area contributed by atoms with Crippen LogP contribution in [0.1, 0.15) is 62.3 Å². The van der Waals surface area contributed by atoms with Crippen LogP contribution in [0, 0.1) is 0 Å². The van der Waals surface area contributed by atoms with Gasteiger partial charge in [0.15, 0.2) is 0 Å². The Morgan fingerprint density at radius 3 is 2.59 bits per heavy atom. The molecule has 5 nitrogen and oxygen atoms in total. The maximum absolute atomic E-state index is 13.0. The van der Waals surface area contributed by atoms with E-state index in [0.717, 1.165) is 18.4 Å². The van der Waals surface area contributed by atoms with E-state index >= 15 is 0 Å². The molecule has 0 aliphatic heterocycles. The van der Waals surface area contributed by atoms with Crippen LogP contribution in [0.2, 0.25) is 0 Å². The van der Waals surface area contributed by atoms with Gasteiger partial charge in [-0.05, 0) is 54.0 Å². The molecule has 0 fully saturated rings. The van der Waals surface area contributed by atoms with Crippen molar-refractivity contribution in [3.05, 3.63) is 65.2 Å². The molecule has 0 aromatic heterocycles. The van der Waals surface area contributed by atoms with E-state index in [1.54, 1.807) is 12.1 Å². The van der Waals surface area contributed by atoms with Gasteiger partial charge in [-0.25, -0.2) is 13.6 Å². The lowest BCUT2D eigenvalue weighted by Gasteiger charge is -2.36. The van der Waals surface area contributed by atoms with Crippen LogP contribution in [0.5, 0.6) is 0 Å². The van der Waals surface area contributed by atoms with Crippen LogP contribution in [-0.4, -0.2) is 14.3 Å². The molecule has 0 saturated carbocycles. The molecule has 0 unspecified atom stereocenters. The van der Waals surface area contributed by atoms with Gasteiger partial charge in [0.1, 0.15) is 0 Å². The lowest BCUT2D eigenvalue weighted by Crippen LogP contribution is -2.36. The molecule has 1 aliphatic rings. The molecule has 2 aromatic rings. The Labute approximate surface area is 161 Å². The molecule has 0 heterocycles. The van der Waals surface area contributed by atoms with Crippen molar-refractivity contribution in [2.45, 2.75) is 55.9 Å². The predicted octanol–water partition coefficient (Wildman–Crippen LogP) is 3.37. The minimum absolute atomic E-state index is 0.0357. The molecule has 3 rings (SSSR count). The summed E-state index contributed by atoms with van der Waals surface area (Å²) in [4.78, 5) is 13.0. The summed E-state index contributed by atoms with van der Waals surface area (Å²) < 4.78 is 23.1. The number of sulfonamides is 1. The van der Waals surface area contributed by atoms with Crippen molar-refractivity contribution in [1.82, 2.24) is 5.32 Å². The van der Waals surface area contributed by atoms with Gasteiger partial charge >= 0.3 is 0 Å². The van der Waals surface area contributed by atoms with Crippen molar-refractivity contribution >= 4 is 15.9 Å². The summed E-state index contributed by atoms with van der Waals surface area (Å²) in [5.74, 6) is -0.232. The fourth-order valence-electron chi connectivity index (χ4n) is 3.84. The van der Waals surface area contributed by atoms with E-state index in [0.29, 0.717) is 5.56 Å². The molecule has 0 radical (unpaired) electrons. The van der Waals surface area contributed by atoms with Gasteiger partial charge in [-0.15, -0.1) is 0 Å². The molecule has 2 atom stereocenters. The highest BCUT2D eigenvalue weighted by molar-refractivity contribution is 7.89. The van der Waals surface area contributed by atoms with Gasteiger partial charge in [0.25, 0.3) is 0 Å². The second kappa shape index (κ2) is 7.09. The normalized spacial score (nSPS) is 19.8. The first-order valence-electron chi connectivity index (χ1n) is 9.12. The average molecular weight is 387 g/mol. The molecule has 0 bridgehead atoms. The number of carbonyl (C=O) groups excluding carboxylic acids is 1. The van der Waals surface area contributed by atoms with Crippen LogP contribution in [0.15, 0.2) is 53.4 Å². The Kier molecular flexibility index (Phi) is 5.14. The van der Waals surface area contributed by atoms with Gasteiger partial charge in [-0.1, -0.05) is 50.2 Å². The maximum Gasteiger partial charge on any atom is 0.238 e. The third-order valence-corrected chi connectivity index (χ3v) is 6.40. The van der Waals surface area contributed by atoms with E-state index in [4.69, 9.17) is 5.14 Å². The highest BCUT2D eigenvalue weighted by Crippen LogP contribution is 2.42. The molecule has 6 heteroatoms. The zero-order valence-corrected chi connectivity index (χ0v) is 16.7. The SMILES string of the molecule is C[C@@H](NC(=O)[C@H]1CCC(C)(C)c2ccccc21)c1cccc(S(N)(=O)=O)c1. The smallest absolute Gasteiger partial charge is 0.238 e. The van der Waals surface area contributed by atoms with Gasteiger partial charge in [0.2, 0.25) is 15.9 Å². The summed E-state index contributed by atoms with van der Waals surface area (Å²) in [6, 6.07) is 14.2. The number of fused-ring (bicyclic) bond motifs is 1. The number of carbonyl (C=O) groups is 1. The van der Waals surface area contributed by atoms with Gasteiger partial charge in [0.05, 0.1) is 16.9 Å². The average Bonchev–Trinajstić information content (AvgIpc) is 2.61. The van der Waals surface area contributed by atoms with Gasteiger partial charge in [-0.2, -0.15) is 0 Å². The van der Waals surface area contributed by atoms with Crippen LogP contribution in [-0.2, 0) is 20.2 Å². The number of rotatable bonds is 4. The fraction of sp³-hybridized carbons (Fsp3) is 0.381. The zero-order valence-electron chi connectivity index (χ0n) is 15.9. The lowest BCUT2D eigenvalue weighted by molar-refractivity contribution is -0.123. The fourth-order valence-corrected chi connectivity index (χ4v) is 4.41. The maximum atomic E-state index is 13.0. The van der Waals surface area contributed by atoms with Crippen molar-refractivity contribution < 1.29 is 13.2 Å². The number of primary sulfonamides is 1. The largest absolute Gasteiger partial charge is 0.349 e. The first kappa shape index (κ1) is 19.6. The molecule has 0 saturated heterocycles. The zero-order chi connectivity index (χ0) is 19.8. The van der Waals surface area contributed by atoms with Crippen LogP contribution < -0.4 is 10.5 Å². The summed E-state index contributed by atoms with van der Waals surface area (Å²) in [7, 11) is -3.77. The van der Waals surface area contributed by atoms with Crippen molar-refractivity contribution in [3.8, 4) is 0 Å². The highest BCUT2D eigenvalue weighted by Gasteiger charge is 2.35. The van der Waals surface area contributed by atoms with E-state index in [1.165, 1.54) is 17.7 Å². The number of benzene rings is 2. The molecular formula is C21H26N2O3S. The second-order valence-corrected chi connectivity index (χ2v) is 9.47. The van der Waals surface area contributed by atoms with Gasteiger partial charge in [-0.3, -0.25) is 4.79 Å². The van der Waals surface area contributed by atoms with Crippen LogP contribution >= 0.6 is 0 Å². The Bertz CT molecular complexity index is 967. The van der Waals surface area contributed by atoms with E-state index in [2.05, 4.69) is 25.2 Å². The van der Waals surface area contributed by atoms with Crippen molar-refractivity contribution in [2.75, 3.05) is 0 Å². The predicted molar refractivity (Wildman–Crippen MR) is 106 cm³/mol. The Morgan fingerprint density at radius 1 is 1.19 bits per heavy atom. The van der Waals surface area contributed by atoms with Gasteiger partial charge in [0, 0.05) is 0 Å². The molecular weight excluding hydrogens is 360 g/mol. The molecule has 1 amide bonds. The lowest BCUT2D eigenvalue weighted by atomic mass is 9.68. The Hall–Kier alpha value is -2.18. The topological polar surface area (TPSA) is 89.3 Å². The number of nitrogens with two attached hydrogens (primary N) is 1. The highest BCUT2D eigenvalue weighted by atomic mass is 32.2. The third kappa shape index (κ3) is 4.06. The minimum atomic E-state index is -3.77. The molecule has 0 spiro atoms. The molecule has 27 heavy (non-hydrogen) atoms. The van der Waals surface area contributed by atoms with E-state index in [9.17, 15) is 13.2 Å². The van der Waals surface area contributed by atoms with E-state index in [-0.39, 0.29) is 28.2 Å². The van der Waals surface area contributed by atoms with E-state index in [1.807, 2.05) is 25.1 Å². The third-order valence-electron chi connectivity index (χ3n) is 5.49. The van der Waals surface area contributed by atoms with Crippen LogP contribution in [0.25, 0.3) is 0 Å². The number of hydrogen-bond donors (Lipinski definition) is 2. The molecule has 1 aliphatic carbocycles. The summed E-state index contributed by atoms with van der Waals surface area (Å²) in [6.07, 6.45) is 1.73. The Balaban J connectivity index is 1.82. The molecule has 144 valence electrons.